The highest BCUT2D eigenvalue weighted by Crippen LogP contribution is 2.15. The fourth-order valence-corrected chi connectivity index (χ4v) is 1.83. The van der Waals surface area contributed by atoms with Crippen LogP contribution in [0.25, 0.3) is 0 Å². The van der Waals surface area contributed by atoms with E-state index in [1.165, 1.54) is 6.07 Å². The molecule has 2 atom stereocenters. The summed E-state index contributed by atoms with van der Waals surface area (Å²) in [5.41, 5.74) is 0.525. The van der Waals surface area contributed by atoms with Crippen molar-refractivity contribution in [3.05, 3.63) is 35.4 Å². The number of carbonyl (C=O) groups is 1. The quantitative estimate of drug-likeness (QED) is 0.844. The molecule has 1 aromatic carbocycles. The number of rotatable bonds is 5. The summed E-state index contributed by atoms with van der Waals surface area (Å²) in [4.78, 5) is 11.7. The zero-order valence-corrected chi connectivity index (χ0v) is 11.5. The maximum Gasteiger partial charge on any atom is 0.315 e. The lowest BCUT2D eigenvalue weighted by Crippen LogP contribution is -2.41. The summed E-state index contributed by atoms with van der Waals surface area (Å²) in [5, 5.41) is 5.48. The van der Waals surface area contributed by atoms with E-state index in [0.29, 0.717) is 5.56 Å². The smallest absolute Gasteiger partial charge is 0.315 e. The van der Waals surface area contributed by atoms with E-state index in [-0.39, 0.29) is 18.1 Å². The van der Waals surface area contributed by atoms with E-state index in [1.54, 1.807) is 6.92 Å². The summed E-state index contributed by atoms with van der Waals surface area (Å²) in [7, 11) is 0. The molecular weight excluding hydrogens is 250 g/mol. The van der Waals surface area contributed by atoms with Crippen LogP contribution in [0.1, 0.15) is 45.2 Å². The fourth-order valence-electron chi connectivity index (χ4n) is 1.83. The number of hydrogen-bond acceptors (Lipinski definition) is 1. The van der Waals surface area contributed by atoms with Crippen molar-refractivity contribution in [2.45, 2.75) is 45.7 Å². The Morgan fingerprint density at radius 3 is 2.47 bits per heavy atom. The Morgan fingerprint density at radius 2 is 1.89 bits per heavy atom. The summed E-state index contributed by atoms with van der Waals surface area (Å²) >= 11 is 0. The Labute approximate surface area is 112 Å². The molecule has 0 unspecified atom stereocenters. The van der Waals surface area contributed by atoms with Crippen molar-refractivity contribution in [3.8, 4) is 0 Å². The first-order valence-electron chi connectivity index (χ1n) is 6.46. The van der Waals surface area contributed by atoms with Gasteiger partial charge >= 0.3 is 6.03 Å². The molecule has 0 saturated carbocycles. The number of halogens is 2. The molecule has 0 spiro atoms. The highest BCUT2D eigenvalue weighted by atomic mass is 19.2. The van der Waals surface area contributed by atoms with Crippen LogP contribution in [0, 0.1) is 11.6 Å². The monoisotopic (exact) mass is 270 g/mol. The third-order valence-corrected chi connectivity index (χ3v) is 2.89. The van der Waals surface area contributed by atoms with Gasteiger partial charge in [0.15, 0.2) is 11.6 Å². The van der Waals surface area contributed by atoms with Gasteiger partial charge in [-0.2, -0.15) is 0 Å². The largest absolute Gasteiger partial charge is 0.336 e. The molecule has 0 radical (unpaired) electrons. The lowest BCUT2D eigenvalue weighted by atomic mass is 10.1. The minimum atomic E-state index is -0.911. The molecule has 19 heavy (non-hydrogen) atoms. The number of carbonyl (C=O) groups excluding carboxylic acids is 1. The molecule has 2 amide bonds. The second kappa shape index (κ2) is 7.07. The molecule has 0 aromatic heterocycles. The minimum absolute atomic E-state index is 0.0853. The Bertz CT molecular complexity index is 437. The van der Waals surface area contributed by atoms with Crippen LogP contribution in [0.4, 0.5) is 13.6 Å². The van der Waals surface area contributed by atoms with Crippen molar-refractivity contribution >= 4 is 6.03 Å². The van der Waals surface area contributed by atoms with E-state index in [9.17, 15) is 13.6 Å². The minimum Gasteiger partial charge on any atom is -0.336 e. The zero-order chi connectivity index (χ0) is 14.4. The van der Waals surface area contributed by atoms with Crippen molar-refractivity contribution in [1.29, 1.82) is 0 Å². The molecule has 1 rings (SSSR count). The summed E-state index contributed by atoms with van der Waals surface area (Å²) in [6.07, 6.45) is 1.88. The number of hydrogen-bond donors (Lipinski definition) is 2. The molecule has 5 heteroatoms. The fraction of sp³-hybridized carbons (Fsp3) is 0.500. The lowest BCUT2D eigenvalue weighted by molar-refractivity contribution is 0.234. The second-order valence-electron chi connectivity index (χ2n) is 4.70. The van der Waals surface area contributed by atoms with Gasteiger partial charge in [0, 0.05) is 6.04 Å². The van der Waals surface area contributed by atoms with Gasteiger partial charge in [-0.3, -0.25) is 0 Å². The third-order valence-electron chi connectivity index (χ3n) is 2.89. The van der Waals surface area contributed by atoms with Gasteiger partial charge < -0.3 is 10.6 Å². The standard InChI is InChI=1S/C14H20F2N2O/c1-4-5-9(2)17-14(19)18-10(3)11-6-7-12(15)13(16)8-11/h6-10H,4-5H2,1-3H3,(H2,17,18,19)/t9-,10-/m1/s1. The van der Waals surface area contributed by atoms with E-state index in [2.05, 4.69) is 10.6 Å². The van der Waals surface area contributed by atoms with E-state index < -0.39 is 11.6 Å². The molecule has 0 aliphatic carbocycles. The highest BCUT2D eigenvalue weighted by Gasteiger charge is 2.13. The van der Waals surface area contributed by atoms with Crippen LogP contribution >= 0.6 is 0 Å². The first-order chi connectivity index (χ1) is 8.93. The maximum atomic E-state index is 13.1. The normalized spacial score (nSPS) is 13.7. The van der Waals surface area contributed by atoms with E-state index >= 15 is 0 Å². The van der Waals surface area contributed by atoms with Crippen molar-refractivity contribution < 1.29 is 13.6 Å². The topological polar surface area (TPSA) is 41.1 Å². The lowest BCUT2D eigenvalue weighted by Gasteiger charge is -2.18. The molecule has 106 valence electrons. The molecule has 0 aliphatic rings. The van der Waals surface area contributed by atoms with E-state index in [1.807, 2.05) is 13.8 Å². The predicted molar refractivity (Wildman–Crippen MR) is 70.8 cm³/mol. The van der Waals surface area contributed by atoms with Gasteiger partial charge in [-0.15, -0.1) is 0 Å². The predicted octanol–water partition coefficient (Wildman–Crippen LogP) is 3.51. The van der Waals surface area contributed by atoms with Gasteiger partial charge in [-0.05, 0) is 38.0 Å². The molecule has 0 fully saturated rings. The number of nitrogens with one attached hydrogen (secondary N) is 2. The average Bonchev–Trinajstić information content (AvgIpc) is 2.32. The van der Waals surface area contributed by atoms with Crippen LogP contribution in [0.15, 0.2) is 18.2 Å². The Hall–Kier alpha value is -1.65. The molecule has 3 nitrogen and oxygen atoms in total. The zero-order valence-electron chi connectivity index (χ0n) is 11.5. The van der Waals surface area contributed by atoms with Gasteiger partial charge in [0.2, 0.25) is 0 Å². The summed E-state index contributed by atoms with van der Waals surface area (Å²) < 4.78 is 25.9. The number of benzene rings is 1. The first kappa shape index (κ1) is 15.4. The van der Waals surface area contributed by atoms with Crippen LogP contribution in [-0.2, 0) is 0 Å². The second-order valence-corrected chi connectivity index (χ2v) is 4.70. The van der Waals surface area contributed by atoms with Crippen LogP contribution in [0.5, 0.6) is 0 Å². The van der Waals surface area contributed by atoms with Crippen molar-refractivity contribution in [2.24, 2.45) is 0 Å². The van der Waals surface area contributed by atoms with Gasteiger partial charge in [0.25, 0.3) is 0 Å². The molecule has 1 aromatic rings. The Morgan fingerprint density at radius 1 is 1.21 bits per heavy atom. The third kappa shape index (κ3) is 4.85. The van der Waals surface area contributed by atoms with Crippen LogP contribution in [0.2, 0.25) is 0 Å². The summed E-state index contributed by atoms with van der Waals surface area (Å²) in [6.45, 7) is 5.68. The molecule has 2 N–H and O–H groups in total. The highest BCUT2D eigenvalue weighted by molar-refractivity contribution is 5.74. The summed E-state index contributed by atoms with van der Waals surface area (Å²) in [5.74, 6) is -1.80. The first-order valence-corrected chi connectivity index (χ1v) is 6.46. The molecule has 0 saturated heterocycles. The van der Waals surface area contributed by atoms with Gasteiger partial charge in [-0.25, -0.2) is 13.6 Å². The molecule has 0 aliphatic heterocycles. The van der Waals surface area contributed by atoms with Gasteiger partial charge in [-0.1, -0.05) is 19.4 Å². The number of amides is 2. The maximum absolute atomic E-state index is 13.1. The van der Waals surface area contributed by atoms with Crippen molar-refractivity contribution in [1.82, 2.24) is 10.6 Å². The Balaban J connectivity index is 2.56. The van der Waals surface area contributed by atoms with Gasteiger partial charge in [0.1, 0.15) is 0 Å². The average molecular weight is 270 g/mol. The van der Waals surface area contributed by atoms with Gasteiger partial charge in [0.05, 0.1) is 6.04 Å². The van der Waals surface area contributed by atoms with E-state index in [4.69, 9.17) is 0 Å². The summed E-state index contributed by atoms with van der Waals surface area (Å²) in [6, 6.07) is 3.00. The van der Waals surface area contributed by atoms with Crippen LogP contribution in [-0.4, -0.2) is 12.1 Å². The van der Waals surface area contributed by atoms with Crippen molar-refractivity contribution in [2.75, 3.05) is 0 Å². The van der Waals surface area contributed by atoms with Crippen LogP contribution in [0.3, 0.4) is 0 Å². The van der Waals surface area contributed by atoms with Crippen molar-refractivity contribution in [3.63, 3.8) is 0 Å². The Kier molecular flexibility index (Phi) is 5.73. The number of urea groups is 1. The molecule has 0 heterocycles. The molecular formula is C14H20F2N2O. The molecule has 0 bridgehead atoms. The SMILES string of the molecule is CCC[C@@H](C)NC(=O)N[C@H](C)c1ccc(F)c(F)c1. The van der Waals surface area contributed by atoms with E-state index in [0.717, 1.165) is 25.0 Å². The van der Waals surface area contributed by atoms with Crippen LogP contribution < -0.4 is 10.6 Å².